The van der Waals surface area contributed by atoms with Gasteiger partial charge >= 0.3 is 26.6 Å². The van der Waals surface area contributed by atoms with Crippen molar-refractivity contribution in [1.82, 2.24) is 0 Å². The molecule has 1 aromatic rings. The molecule has 1 heterocycles. The van der Waals surface area contributed by atoms with Crippen LogP contribution < -0.4 is 27.9 Å². The standard InChI is InChI=1S/C12H12F3IO3S/c1-8(2)11-7-9-5-3-4-6-10(9)20(11,12(13,14)15)19-16(17)18/h3-8H,1-2H3. The van der Waals surface area contributed by atoms with Gasteiger partial charge in [0.15, 0.2) is 0 Å². The second-order valence-electron chi connectivity index (χ2n) is 4.49. The first-order valence-electron chi connectivity index (χ1n) is 5.66. The lowest BCUT2D eigenvalue weighted by atomic mass is 10.1. The van der Waals surface area contributed by atoms with Gasteiger partial charge in [-0.05, 0) is 23.6 Å². The average Bonchev–Trinajstić information content (AvgIpc) is 2.64. The number of hydrogen-bond acceptors (Lipinski definition) is 3. The van der Waals surface area contributed by atoms with Crippen LogP contribution in [0.15, 0.2) is 34.1 Å². The number of rotatable bonds is 3. The van der Waals surface area contributed by atoms with Gasteiger partial charge in [0.05, 0.1) is 0 Å². The molecule has 0 spiro atoms. The smallest absolute Gasteiger partial charge is 0.395 e. The summed E-state index contributed by atoms with van der Waals surface area (Å²) in [6.45, 7) is 3.20. The fourth-order valence-electron chi connectivity index (χ4n) is 2.16. The molecule has 0 bridgehead atoms. The van der Waals surface area contributed by atoms with Crippen molar-refractivity contribution in [2.75, 3.05) is 0 Å². The first kappa shape index (κ1) is 16.1. The number of benzene rings is 1. The van der Waals surface area contributed by atoms with Crippen LogP contribution in [0.1, 0.15) is 19.4 Å². The van der Waals surface area contributed by atoms with E-state index in [0.717, 1.165) is 0 Å². The molecule has 0 radical (unpaired) electrons. The van der Waals surface area contributed by atoms with E-state index in [9.17, 15) is 20.0 Å². The first-order chi connectivity index (χ1) is 9.20. The van der Waals surface area contributed by atoms with Gasteiger partial charge < -0.3 is 6.87 Å². The van der Waals surface area contributed by atoms with Gasteiger partial charge in [-0.15, -0.1) is 0 Å². The third kappa shape index (κ3) is 2.47. The lowest BCUT2D eigenvalue weighted by Gasteiger charge is -2.34. The Bertz CT molecular complexity index is 545. The second-order valence-corrected chi connectivity index (χ2v) is 9.26. The number of fused-ring (bicyclic) bond motifs is 1. The molecule has 0 amide bonds. The molecule has 20 heavy (non-hydrogen) atoms. The van der Waals surface area contributed by atoms with Crippen molar-refractivity contribution in [1.29, 1.82) is 0 Å². The van der Waals surface area contributed by atoms with E-state index in [-0.39, 0.29) is 9.80 Å². The van der Waals surface area contributed by atoms with E-state index in [1.54, 1.807) is 19.9 Å². The Morgan fingerprint density at radius 2 is 1.80 bits per heavy atom. The predicted octanol–water partition coefficient (Wildman–Crippen LogP) is -0.598. The summed E-state index contributed by atoms with van der Waals surface area (Å²) in [6.07, 6.45) is 1.41. The Kier molecular flexibility index (Phi) is 4.41. The van der Waals surface area contributed by atoms with Crippen LogP contribution in [0.2, 0.25) is 0 Å². The fraction of sp³-hybridized carbons (Fsp3) is 0.333. The molecule has 1 aliphatic rings. The molecule has 0 aromatic heterocycles. The van der Waals surface area contributed by atoms with E-state index >= 15 is 0 Å². The van der Waals surface area contributed by atoms with Crippen molar-refractivity contribution in [3.05, 3.63) is 34.7 Å². The minimum absolute atomic E-state index is 0.000185. The van der Waals surface area contributed by atoms with Gasteiger partial charge in [-0.1, -0.05) is 32.0 Å². The topological polar surface area (TPSA) is 55.3 Å². The van der Waals surface area contributed by atoms with Crippen LogP contribution >= 0.6 is 10.3 Å². The summed E-state index contributed by atoms with van der Waals surface area (Å²) in [5, 5.41) is 0. The third-order valence-corrected chi connectivity index (χ3v) is 8.59. The highest BCUT2D eigenvalue weighted by Crippen LogP contribution is 2.76. The minimum Gasteiger partial charge on any atom is -0.395 e. The lowest BCUT2D eigenvalue weighted by molar-refractivity contribution is -1.62. The van der Waals surface area contributed by atoms with E-state index in [0.29, 0.717) is 5.56 Å². The van der Waals surface area contributed by atoms with Gasteiger partial charge in [-0.3, -0.25) is 0 Å². The molecule has 0 fully saturated rings. The molecule has 112 valence electrons. The molecule has 0 aliphatic carbocycles. The van der Waals surface area contributed by atoms with Crippen LogP contribution in [0.5, 0.6) is 0 Å². The quantitative estimate of drug-likeness (QED) is 0.615. The van der Waals surface area contributed by atoms with Crippen molar-refractivity contribution in [2.45, 2.75) is 24.3 Å². The van der Waals surface area contributed by atoms with Crippen LogP contribution in [0.3, 0.4) is 0 Å². The molecule has 2 rings (SSSR count). The monoisotopic (exact) mass is 420 g/mol. The first-order valence-corrected chi connectivity index (χ1v) is 9.86. The molecular formula is C12H12F3IO3S. The number of allylic oxidation sites excluding steroid dienone is 1. The fourth-order valence-corrected chi connectivity index (χ4v) is 8.12. The molecule has 1 aliphatic heterocycles. The van der Waals surface area contributed by atoms with Crippen molar-refractivity contribution in [2.24, 2.45) is 5.92 Å². The highest BCUT2D eigenvalue weighted by Gasteiger charge is 2.65. The summed E-state index contributed by atoms with van der Waals surface area (Å²) in [6, 6.07) is 5.91. The van der Waals surface area contributed by atoms with Crippen LogP contribution in [-0.2, 0) is 2.51 Å². The largest absolute Gasteiger partial charge is 0.520 e. The van der Waals surface area contributed by atoms with Crippen LogP contribution in [-0.4, -0.2) is 5.51 Å². The molecule has 0 saturated carbocycles. The summed E-state index contributed by atoms with van der Waals surface area (Å²) in [5.41, 5.74) is -4.39. The Balaban J connectivity index is 2.72. The predicted molar refractivity (Wildman–Crippen MR) is 62.3 cm³/mol. The molecule has 1 aromatic carbocycles. The average molecular weight is 420 g/mol. The molecule has 3 nitrogen and oxygen atoms in total. The zero-order valence-electron chi connectivity index (χ0n) is 10.6. The summed E-state index contributed by atoms with van der Waals surface area (Å²) in [4.78, 5) is -0.0783. The summed E-state index contributed by atoms with van der Waals surface area (Å²) in [5.74, 6) is -0.463. The Hall–Kier alpha value is -0.290. The third-order valence-electron chi connectivity index (χ3n) is 2.90. The normalized spacial score (nSPS) is 25.6. The minimum atomic E-state index is -4.76. The lowest BCUT2D eigenvalue weighted by Crippen LogP contribution is -3.98. The van der Waals surface area contributed by atoms with Crippen molar-refractivity contribution in [3.8, 4) is 0 Å². The molecule has 0 saturated heterocycles. The Labute approximate surface area is 125 Å². The number of hydrogen-bond donors (Lipinski definition) is 0. The van der Waals surface area contributed by atoms with Gasteiger partial charge in [0.25, 0.3) is 0 Å². The number of alkyl halides is 3. The van der Waals surface area contributed by atoms with E-state index in [2.05, 4.69) is 2.51 Å². The number of halogens is 4. The van der Waals surface area contributed by atoms with Crippen LogP contribution in [0.4, 0.5) is 13.2 Å². The summed E-state index contributed by atoms with van der Waals surface area (Å²) in [7, 11) is -3.97. The SMILES string of the molecule is CC(C)C1=Cc2ccccc2S1(O[I+2]([O-])[O-])C(F)(F)F. The molecule has 0 N–H and O–H groups in total. The zero-order chi connectivity index (χ0) is 15.1. The van der Waals surface area contributed by atoms with E-state index in [1.165, 1.54) is 24.3 Å². The van der Waals surface area contributed by atoms with Gasteiger partial charge in [0, 0.05) is 12.3 Å². The van der Waals surface area contributed by atoms with Crippen LogP contribution in [0, 0.1) is 5.92 Å². The van der Waals surface area contributed by atoms with Crippen molar-refractivity contribution in [3.63, 3.8) is 0 Å². The maximum atomic E-state index is 13.7. The maximum absolute atomic E-state index is 13.7. The van der Waals surface area contributed by atoms with Gasteiger partial charge in [-0.25, -0.2) is 0 Å². The van der Waals surface area contributed by atoms with E-state index < -0.39 is 42.8 Å². The second kappa shape index (κ2) is 5.48. The molecule has 8 heteroatoms. The molecule has 1 atom stereocenters. The van der Waals surface area contributed by atoms with Crippen molar-refractivity contribution < 1.29 is 43.6 Å². The summed E-state index contributed by atoms with van der Waals surface area (Å²) >= 11 is -4.53. The van der Waals surface area contributed by atoms with Gasteiger partial charge in [-0.2, -0.15) is 13.2 Å². The Morgan fingerprint density at radius 1 is 1.20 bits per heavy atom. The van der Waals surface area contributed by atoms with Gasteiger partial charge in [0.1, 0.15) is 10.3 Å². The highest BCUT2D eigenvalue weighted by atomic mass is 127. The molecule has 1 unspecified atom stereocenters. The Morgan fingerprint density at radius 3 is 2.30 bits per heavy atom. The molecular weight excluding hydrogens is 408 g/mol. The van der Waals surface area contributed by atoms with Gasteiger partial charge in [0.2, 0.25) is 0 Å². The van der Waals surface area contributed by atoms with E-state index in [4.69, 9.17) is 0 Å². The maximum Gasteiger partial charge on any atom is 0.520 e. The summed E-state index contributed by atoms with van der Waals surface area (Å²) < 4.78 is 67.6. The van der Waals surface area contributed by atoms with Crippen molar-refractivity contribution >= 4 is 16.4 Å². The zero-order valence-corrected chi connectivity index (χ0v) is 13.6. The van der Waals surface area contributed by atoms with Crippen LogP contribution in [0.25, 0.3) is 6.08 Å². The van der Waals surface area contributed by atoms with E-state index in [1.807, 2.05) is 0 Å². The highest BCUT2D eigenvalue weighted by molar-refractivity contribution is 8.34.